The van der Waals surface area contributed by atoms with E-state index >= 15 is 0 Å². The lowest BCUT2D eigenvalue weighted by Gasteiger charge is -2.54. The number of fused-ring (bicyclic) bond motifs is 2. The lowest BCUT2D eigenvalue weighted by atomic mass is 9.62. The molecule has 11 heteroatoms. The first-order valence-electron chi connectivity index (χ1n) is 12.3. The Morgan fingerprint density at radius 3 is 2.53 bits per heavy atom. The highest BCUT2D eigenvalue weighted by atomic mass is 16.6. The zero-order valence-corrected chi connectivity index (χ0v) is 21.9. The number of esters is 3. The second kappa shape index (κ2) is 10.2. The zero-order chi connectivity index (χ0) is 27.8. The summed E-state index contributed by atoms with van der Waals surface area (Å²) in [5, 5.41) is 11.5. The van der Waals surface area contributed by atoms with E-state index in [1.807, 2.05) is 0 Å². The fourth-order valence-corrected chi connectivity index (χ4v) is 5.54. The van der Waals surface area contributed by atoms with Crippen LogP contribution in [0.15, 0.2) is 39.8 Å². The normalized spacial score (nSPS) is 27.5. The van der Waals surface area contributed by atoms with Crippen LogP contribution in [0.3, 0.4) is 0 Å². The summed E-state index contributed by atoms with van der Waals surface area (Å²) in [4.78, 5) is 52.8. The quantitative estimate of drug-likeness (QED) is 0.434. The summed E-state index contributed by atoms with van der Waals surface area (Å²) < 4.78 is 28.4. The van der Waals surface area contributed by atoms with Gasteiger partial charge in [-0.2, -0.15) is 0 Å². The Morgan fingerprint density at radius 1 is 1.18 bits per heavy atom. The number of rotatable bonds is 6. The molecular formula is C27H31NO10. The van der Waals surface area contributed by atoms with Crippen LogP contribution in [-0.4, -0.2) is 51.9 Å². The molecule has 0 aromatic carbocycles. The molecule has 6 atom stereocenters. The molecule has 3 heterocycles. The van der Waals surface area contributed by atoms with Crippen molar-refractivity contribution in [1.82, 2.24) is 4.98 Å². The lowest BCUT2D eigenvalue weighted by molar-refractivity contribution is -0.215. The molecule has 38 heavy (non-hydrogen) atoms. The summed E-state index contributed by atoms with van der Waals surface area (Å²) in [6.45, 7) is 6.82. The van der Waals surface area contributed by atoms with E-state index in [1.54, 1.807) is 32.2 Å². The molecule has 11 nitrogen and oxygen atoms in total. The van der Waals surface area contributed by atoms with Crippen molar-refractivity contribution in [3.63, 3.8) is 0 Å². The molecule has 4 rings (SSSR count). The molecule has 0 saturated heterocycles. The summed E-state index contributed by atoms with van der Waals surface area (Å²) in [6, 6.07) is 4.92. The Kier molecular flexibility index (Phi) is 7.33. The predicted octanol–water partition coefficient (Wildman–Crippen LogP) is 2.73. The monoisotopic (exact) mass is 529 g/mol. The van der Waals surface area contributed by atoms with Gasteiger partial charge in [0.15, 0.2) is 0 Å². The molecule has 1 fully saturated rings. The van der Waals surface area contributed by atoms with Crippen molar-refractivity contribution >= 4 is 17.9 Å². The maximum Gasteiger partial charge on any atom is 0.345 e. The highest BCUT2D eigenvalue weighted by Crippen LogP contribution is 2.54. The van der Waals surface area contributed by atoms with Crippen molar-refractivity contribution in [1.29, 1.82) is 0 Å². The second-order valence-electron chi connectivity index (χ2n) is 10.2. The van der Waals surface area contributed by atoms with Crippen molar-refractivity contribution in [3.05, 3.63) is 46.6 Å². The molecule has 1 unspecified atom stereocenters. The summed E-state index contributed by atoms with van der Waals surface area (Å²) >= 11 is 0. The van der Waals surface area contributed by atoms with Gasteiger partial charge in [-0.1, -0.05) is 0 Å². The molecule has 0 amide bonds. The molecule has 204 valence electrons. The Balaban J connectivity index is 1.78. The van der Waals surface area contributed by atoms with Crippen molar-refractivity contribution < 1.29 is 42.9 Å². The third-order valence-corrected chi connectivity index (χ3v) is 7.43. The predicted molar refractivity (Wildman–Crippen MR) is 131 cm³/mol. The van der Waals surface area contributed by atoms with E-state index in [0.717, 1.165) is 0 Å². The van der Waals surface area contributed by atoms with Gasteiger partial charge in [0.05, 0.1) is 6.10 Å². The van der Waals surface area contributed by atoms with Gasteiger partial charge in [0.1, 0.15) is 41.0 Å². The van der Waals surface area contributed by atoms with Crippen LogP contribution in [0.4, 0.5) is 0 Å². The van der Waals surface area contributed by atoms with Crippen LogP contribution in [0.25, 0.3) is 11.3 Å². The maximum absolute atomic E-state index is 13.1. The zero-order valence-electron chi connectivity index (χ0n) is 21.9. The number of aliphatic hydroxyl groups excluding tert-OH is 1. The van der Waals surface area contributed by atoms with Gasteiger partial charge in [-0.05, 0) is 38.8 Å². The standard InChI is InChI=1S/C27H31NO10/c1-14(29)34-13-26(4,37-16(3)31)18-9-19-24(32)23-21(38-27(19,5)22(10-18)35-15(2)30)11-20(36-25(23)33)17-7-6-8-28-12-17/h6-8,11-12,18-19,22,24,32H,9-10,13H2,1-5H3/t18?,19-,22+,24-,26+,27+/m0/s1. The molecule has 0 bridgehead atoms. The van der Waals surface area contributed by atoms with Gasteiger partial charge in [-0.25, -0.2) is 4.79 Å². The maximum atomic E-state index is 13.1. The number of carbonyl (C=O) groups excluding carboxylic acids is 3. The number of carbonyl (C=O) groups is 3. The molecule has 1 aliphatic heterocycles. The van der Waals surface area contributed by atoms with E-state index in [1.165, 1.54) is 33.0 Å². The van der Waals surface area contributed by atoms with Crippen molar-refractivity contribution in [2.45, 2.75) is 70.9 Å². The van der Waals surface area contributed by atoms with E-state index in [2.05, 4.69) is 4.98 Å². The van der Waals surface area contributed by atoms with Crippen LogP contribution in [0.5, 0.6) is 5.75 Å². The van der Waals surface area contributed by atoms with E-state index in [0.29, 0.717) is 5.56 Å². The van der Waals surface area contributed by atoms with Crippen LogP contribution >= 0.6 is 0 Å². The third kappa shape index (κ3) is 5.15. The van der Waals surface area contributed by atoms with Crippen LogP contribution in [0.1, 0.15) is 59.1 Å². The Labute approximate surface area is 219 Å². The average molecular weight is 530 g/mol. The fraction of sp³-hybridized carbons (Fsp3) is 0.519. The Hall–Kier alpha value is -3.73. The van der Waals surface area contributed by atoms with E-state index < -0.39 is 58.8 Å². The van der Waals surface area contributed by atoms with Gasteiger partial charge in [0.2, 0.25) is 0 Å². The molecule has 1 saturated carbocycles. The summed E-state index contributed by atoms with van der Waals surface area (Å²) in [7, 11) is 0. The molecule has 0 spiro atoms. The number of hydrogen-bond donors (Lipinski definition) is 1. The molecule has 0 radical (unpaired) electrons. The Bertz CT molecular complexity index is 1290. The minimum Gasteiger partial charge on any atom is -0.482 e. The number of pyridine rings is 1. The fourth-order valence-electron chi connectivity index (χ4n) is 5.54. The molecule has 1 N–H and O–H groups in total. The number of nitrogens with zero attached hydrogens (tertiary/aromatic N) is 1. The van der Waals surface area contributed by atoms with E-state index in [4.69, 9.17) is 23.4 Å². The van der Waals surface area contributed by atoms with Crippen molar-refractivity contribution in [2.24, 2.45) is 11.8 Å². The highest BCUT2D eigenvalue weighted by Gasteiger charge is 2.60. The first-order chi connectivity index (χ1) is 17.8. The molecular weight excluding hydrogens is 498 g/mol. The number of aromatic nitrogens is 1. The van der Waals surface area contributed by atoms with Gasteiger partial charge in [0, 0.05) is 56.6 Å². The minimum absolute atomic E-state index is 0.0588. The van der Waals surface area contributed by atoms with Crippen LogP contribution in [-0.2, 0) is 28.6 Å². The summed E-state index contributed by atoms with van der Waals surface area (Å²) in [5.41, 5.74) is -2.83. The lowest BCUT2D eigenvalue weighted by Crippen LogP contribution is -2.63. The Morgan fingerprint density at radius 2 is 1.92 bits per heavy atom. The number of aliphatic hydroxyl groups is 1. The molecule has 2 aliphatic rings. The largest absolute Gasteiger partial charge is 0.482 e. The SMILES string of the molecule is CC(=O)OC[C@@](C)(OC(C)=O)C1C[C@@H](OC(C)=O)[C@]2(C)Oc3cc(-c4cccnc4)oc(=O)c3[C@@H](O)[C@@H]2C1. The highest BCUT2D eigenvalue weighted by molar-refractivity contribution is 5.68. The average Bonchev–Trinajstić information content (AvgIpc) is 2.83. The molecule has 1 aliphatic carbocycles. The smallest absolute Gasteiger partial charge is 0.345 e. The van der Waals surface area contributed by atoms with E-state index in [-0.39, 0.29) is 36.5 Å². The number of hydrogen-bond acceptors (Lipinski definition) is 11. The van der Waals surface area contributed by atoms with Gasteiger partial charge < -0.3 is 28.5 Å². The van der Waals surface area contributed by atoms with Gasteiger partial charge in [-0.15, -0.1) is 0 Å². The molecule has 2 aromatic heterocycles. The van der Waals surface area contributed by atoms with Crippen LogP contribution < -0.4 is 10.4 Å². The summed E-state index contributed by atoms with van der Waals surface area (Å²) in [6.07, 6.45) is 1.24. The topological polar surface area (TPSA) is 151 Å². The van der Waals surface area contributed by atoms with Crippen LogP contribution in [0.2, 0.25) is 0 Å². The van der Waals surface area contributed by atoms with Crippen molar-refractivity contribution in [3.8, 4) is 17.1 Å². The first-order valence-corrected chi connectivity index (χ1v) is 12.3. The van der Waals surface area contributed by atoms with Crippen molar-refractivity contribution in [2.75, 3.05) is 6.61 Å². The van der Waals surface area contributed by atoms with E-state index in [9.17, 15) is 24.3 Å². The third-order valence-electron chi connectivity index (χ3n) is 7.43. The van der Waals surface area contributed by atoms with Gasteiger partial charge in [-0.3, -0.25) is 19.4 Å². The number of ether oxygens (including phenoxy) is 4. The minimum atomic E-state index is -1.35. The first kappa shape index (κ1) is 27.3. The van der Waals surface area contributed by atoms with Crippen LogP contribution in [0, 0.1) is 11.8 Å². The molecule has 2 aromatic rings. The van der Waals surface area contributed by atoms with Gasteiger partial charge >= 0.3 is 23.5 Å². The second-order valence-corrected chi connectivity index (χ2v) is 10.2. The summed E-state index contributed by atoms with van der Waals surface area (Å²) in [5.74, 6) is -2.70. The van der Waals surface area contributed by atoms with Gasteiger partial charge in [0.25, 0.3) is 0 Å².